The minimum Gasteiger partial charge on any atom is -0.491 e. The van der Waals surface area contributed by atoms with Gasteiger partial charge in [-0.1, -0.05) is 51.5 Å². The van der Waals surface area contributed by atoms with Crippen LogP contribution in [-0.2, 0) is 6.42 Å². The van der Waals surface area contributed by atoms with Gasteiger partial charge in [0.25, 0.3) is 0 Å². The minimum absolute atomic E-state index is 0.0258. The lowest BCUT2D eigenvalue weighted by Crippen LogP contribution is -2.26. The lowest BCUT2D eigenvalue weighted by Gasteiger charge is -2.38. The molecule has 0 unspecified atom stereocenters. The Bertz CT molecular complexity index is 599. The zero-order valence-electron chi connectivity index (χ0n) is 17.8. The van der Waals surface area contributed by atoms with Crippen LogP contribution in [0, 0.1) is 35.3 Å². The van der Waals surface area contributed by atoms with E-state index in [2.05, 4.69) is 6.92 Å². The van der Waals surface area contributed by atoms with Crippen LogP contribution >= 0.6 is 0 Å². The van der Waals surface area contributed by atoms with Crippen molar-refractivity contribution in [3.63, 3.8) is 0 Å². The molecule has 158 valence electrons. The molecule has 3 heteroatoms. The summed E-state index contributed by atoms with van der Waals surface area (Å²) in [6.45, 7) is 4.43. The molecule has 1 aromatic rings. The van der Waals surface area contributed by atoms with E-state index >= 15 is 0 Å². The summed E-state index contributed by atoms with van der Waals surface area (Å²) in [5.74, 6) is 2.00. The smallest absolute Gasteiger partial charge is 0.200 e. The summed E-state index contributed by atoms with van der Waals surface area (Å²) >= 11 is 0. The van der Waals surface area contributed by atoms with Crippen LogP contribution in [-0.4, -0.2) is 6.61 Å². The Balaban J connectivity index is 1.42. The zero-order chi connectivity index (χ0) is 19.9. The Morgan fingerprint density at radius 1 is 0.786 bits per heavy atom. The van der Waals surface area contributed by atoms with Crippen LogP contribution in [0.25, 0.3) is 0 Å². The minimum atomic E-state index is -0.832. The average Bonchev–Trinajstić information content (AvgIpc) is 2.72. The Labute approximate surface area is 170 Å². The molecule has 0 heterocycles. The van der Waals surface area contributed by atoms with Crippen LogP contribution in [0.3, 0.4) is 0 Å². The van der Waals surface area contributed by atoms with Gasteiger partial charge in [0.05, 0.1) is 6.61 Å². The van der Waals surface area contributed by atoms with Crippen molar-refractivity contribution < 1.29 is 13.5 Å². The van der Waals surface area contributed by atoms with Crippen LogP contribution in [0.4, 0.5) is 8.78 Å². The second-order valence-electron chi connectivity index (χ2n) is 9.17. The van der Waals surface area contributed by atoms with Crippen LogP contribution in [0.1, 0.15) is 90.0 Å². The molecule has 0 aromatic heterocycles. The molecule has 0 N–H and O–H groups in total. The monoisotopic (exact) mass is 392 g/mol. The van der Waals surface area contributed by atoms with Gasteiger partial charge in [-0.15, -0.1) is 0 Å². The van der Waals surface area contributed by atoms with Crippen molar-refractivity contribution in [3.8, 4) is 5.75 Å². The summed E-state index contributed by atoms with van der Waals surface area (Å²) in [7, 11) is 0. The fourth-order valence-electron chi connectivity index (χ4n) is 5.70. The largest absolute Gasteiger partial charge is 0.491 e. The third kappa shape index (κ3) is 5.48. The van der Waals surface area contributed by atoms with Gasteiger partial charge in [0.15, 0.2) is 11.6 Å². The number of halogens is 2. The van der Waals surface area contributed by atoms with Gasteiger partial charge in [0.2, 0.25) is 5.82 Å². The Morgan fingerprint density at radius 3 is 1.89 bits per heavy atom. The van der Waals surface area contributed by atoms with Gasteiger partial charge >= 0.3 is 0 Å². The maximum Gasteiger partial charge on any atom is 0.200 e. The number of ether oxygens (including phenoxy) is 1. The van der Waals surface area contributed by atoms with Gasteiger partial charge in [-0.25, -0.2) is 4.39 Å². The predicted octanol–water partition coefficient (Wildman–Crippen LogP) is 7.71. The molecule has 0 bridgehead atoms. The molecule has 0 amide bonds. The molecule has 2 aliphatic rings. The molecular weight excluding hydrogens is 354 g/mol. The topological polar surface area (TPSA) is 9.23 Å². The molecule has 2 fully saturated rings. The molecule has 3 rings (SSSR count). The third-order valence-electron chi connectivity index (χ3n) is 7.40. The highest BCUT2D eigenvalue weighted by Crippen LogP contribution is 2.43. The number of aryl methyl sites for hydroxylation is 1. The standard InChI is InChI=1S/C25H38F2O/c1-3-5-18-6-11-20(12-7-18)21-13-8-19(9-14-21)10-15-22-16-17-23(28-4-2)25(27)24(22)26/h16-21H,3-15H2,1-2H3. The lowest BCUT2D eigenvalue weighted by atomic mass is 9.68. The molecule has 1 aromatic carbocycles. The van der Waals surface area contributed by atoms with E-state index in [4.69, 9.17) is 4.74 Å². The highest BCUT2D eigenvalue weighted by atomic mass is 19.2. The van der Waals surface area contributed by atoms with E-state index in [-0.39, 0.29) is 5.75 Å². The first kappa shape index (κ1) is 21.6. The average molecular weight is 393 g/mol. The first-order chi connectivity index (χ1) is 13.6. The van der Waals surface area contributed by atoms with Crippen molar-refractivity contribution in [2.24, 2.45) is 23.7 Å². The maximum absolute atomic E-state index is 14.3. The number of rotatable bonds is 8. The van der Waals surface area contributed by atoms with Crippen LogP contribution in [0.15, 0.2) is 12.1 Å². The number of hydrogen-bond acceptors (Lipinski definition) is 1. The molecule has 0 aliphatic heterocycles. The van der Waals surface area contributed by atoms with Gasteiger partial charge in [-0.05, 0) is 80.8 Å². The van der Waals surface area contributed by atoms with Crippen molar-refractivity contribution in [3.05, 3.63) is 29.3 Å². The van der Waals surface area contributed by atoms with Crippen molar-refractivity contribution in [1.82, 2.24) is 0 Å². The van der Waals surface area contributed by atoms with Crippen LogP contribution in [0.2, 0.25) is 0 Å². The summed E-state index contributed by atoms with van der Waals surface area (Å²) in [6, 6.07) is 3.27. The first-order valence-corrected chi connectivity index (χ1v) is 11.7. The van der Waals surface area contributed by atoms with Gasteiger partial charge in [-0.2, -0.15) is 4.39 Å². The molecule has 0 radical (unpaired) electrons. The summed E-state index contributed by atoms with van der Waals surface area (Å²) in [5.41, 5.74) is 0.498. The van der Waals surface area contributed by atoms with E-state index in [9.17, 15) is 8.78 Å². The third-order valence-corrected chi connectivity index (χ3v) is 7.40. The Hall–Kier alpha value is -1.12. The summed E-state index contributed by atoms with van der Waals surface area (Å²) in [5, 5.41) is 0. The van der Waals surface area contributed by atoms with Gasteiger partial charge in [-0.3, -0.25) is 0 Å². The van der Waals surface area contributed by atoms with Crippen molar-refractivity contribution >= 4 is 0 Å². The fraction of sp³-hybridized carbons (Fsp3) is 0.760. The normalized spacial score (nSPS) is 28.3. The molecule has 1 nitrogen and oxygen atoms in total. The van der Waals surface area contributed by atoms with Crippen molar-refractivity contribution in [2.75, 3.05) is 6.61 Å². The quantitative estimate of drug-likeness (QED) is 0.440. The van der Waals surface area contributed by atoms with E-state index in [1.165, 1.54) is 64.2 Å². The molecular formula is C25H38F2O. The van der Waals surface area contributed by atoms with Crippen LogP contribution < -0.4 is 4.74 Å². The van der Waals surface area contributed by atoms with Gasteiger partial charge in [0, 0.05) is 0 Å². The van der Waals surface area contributed by atoms with E-state index in [0.29, 0.717) is 24.5 Å². The molecule has 0 atom stereocenters. The van der Waals surface area contributed by atoms with E-state index < -0.39 is 11.6 Å². The Kier molecular flexibility index (Phi) is 8.17. The van der Waals surface area contributed by atoms with E-state index in [1.54, 1.807) is 19.1 Å². The van der Waals surface area contributed by atoms with E-state index in [0.717, 1.165) is 24.2 Å². The second-order valence-corrected chi connectivity index (χ2v) is 9.17. The van der Waals surface area contributed by atoms with E-state index in [1.807, 2.05) is 0 Å². The fourth-order valence-corrected chi connectivity index (χ4v) is 5.70. The SMILES string of the molecule is CCCC1CCC(C2CCC(CCc3ccc(OCC)c(F)c3F)CC2)CC1. The highest BCUT2D eigenvalue weighted by molar-refractivity contribution is 5.31. The molecule has 2 aliphatic carbocycles. The first-order valence-electron chi connectivity index (χ1n) is 11.7. The zero-order valence-corrected chi connectivity index (χ0v) is 17.8. The van der Waals surface area contributed by atoms with Crippen molar-refractivity contribution in [1.29, 1.82) is 0 Å². The predicted molar refractivity (Wildman–Crippen MR) is 112 cm³/mol. The van der Waals surface area contributed by atoms with Gasteiger partial charge < -0.3 is 4.74 Å². The lowest BCUT2D eigenvalue weighted by molar-refractivity contribution is 0.141. The molecule has 0 saturated heterocycles. The van der Waals surface area contributed by atoms with Gasteiger partial charge in [0.1, 0.15) is 0 Å². The molecule has 0 spiro atoms. The Morgan fingerprint density at radius 2 is 1.36 bits per heavy atom. The summed E-state index contributed by atoms with van der Waals surface area (Å²) < 4.78 is 33.5. The second kappa shape index (κ2) is 10.6. The molecule has 2 saturated carbocycles. The maximum atomic E-state index is 14.3. The number of benzene rings is 1. The summed E-state index contributed by atoms with van der Waals surface area (Å²) in [4.78, 5) is 0. The highest BCUT2D eigenvalue weighted by Gasteiger charge is 2.30. The summed E-state index contributed by atoms with van der Waals surface area (Å²) in [6.07, 6.45) is 15.3. The van der Waals surface area contributed by atoms with Crippen LogP contribution in [0.5, 0.6) is 5.75 Å². The van der Waals surface area contributed by atoms with Crippen molar-refractivity contribution in [2.45, 2.75) is 90.9 Å². The number of hydrogen-bond donors (Lipinski definition) is 0. The molecule has 28 heavy (non-hydrogen) atoms.